The molecule has 6 rings (SSSR count). The summed E-state index contributed by atoms with van der Waals surface area (Å²) in [5, 5.41) is 0. The Hall–Kier alpha value is -3.12. The van der Waals surface area contributed by atoms with Crippen LogP contribution in [0.3, 0.4) is 0 Å². The average Bonchev–Trinajstić information content (AvgIpc) is 3.22. The highest BCUT2D eigenvalue weighted by Crippen LogP contribution is 2.62. The standard InChI is InChI=1S/C25H16.C3H8/c1-5-13-21-17(9-1)18-10-2-6-14-22(18)25(21)23-15-7-3-11-19(23)20-12-4-8-16-24(20)25;1-3-2/h1-16H;3H2,1-2H3. The van der Waals surface area contributed by atoms with E-state index in [1.807, 2.05) is 0 Å². The maximum atomic E-state index is 2.31. The number of hydrogen-bond acceptors (Lipinski definition) is 0. The van der Waals surface area contributed by atoms with Crippen LogP contribution in [0.2, 0.25) is 0 Å². The third-order valence-electron chi connectivity index (χ3n) is 5.90. The van der Waals surface area contributed by atoms with Crippen LogP contribution in [0.1, 0.15) is 42.5 Å². The molecule has 136 valence electrons. The highest BCUT2D eigenvalue weighted by Gasteiger charge is 2.51. The fraction of sp³-hybridized carbons (Fsp3) is 0.143. The molecule has 0 aromatic heterocycles. The highest BCUT2D eigenvalue weighted by molar-refractivity contribution is 5.94. The molecular formula is C28H24. The van der Waals surface area contributed by atoms with Crippen molar-refractivity contribution in [2.24, 2.45) is 0 Å². The summed E-state index contributed by atoms with van der Waals surface area (Å²) in [6.07, 6.45) is 1.25. The molecule has 0 radical (unpaired) electrons. The molecule has 2 aliphatic carbocycles. The Morgan fingerprint density at radius 1 is 0.429 bits per heavy atom. The molecule has 2 aliphatic rings. The molecule has 0 heteroatoms. The third-order valence-corrected chi connectivity index (χ3v) is 5.90. The second-order valence-electron chi connectivity index (χ2n) is 7.64. The van der Waals surface area contributed by atoms with Crippen molar-refractivity contribution in [1.29, 1.82) is 0 Å². The fourth-order valence-corrected chi connectivity index (χ4v) is 5.05. The molecule has 28 heavy (non-hydrogen) atoms. The number of rotatable bonds is 0. The van der Waals surface area contributed by atoms with Gasteiger partial charge in [-0.25, -0.2) is 0 Å². The highest BCUT2D eigenvalue weighted by atomic mass is 14.5. The molecule has 0 amide bonds. The van der Waals surface area contributed by atoms with Crippen LogP contribution < -0.4 is 0 Å². The summed E-state index contributed by atoms with van der Waals surface area (Å²) in [4.78, 5) is 0. The van der Waals surface area contributed by atoms with E-state index >= 15 is 0 Å². The monoisotopic (exact) mass is 360 g/mol. The van der Waals surface area contributed by atoms with Crippen LogP contribution >= 0.6 is 0 Å². The molecule has 0 aliphatic heterocycles. The van der Waals surface area contributed by atoms with Crippen LogP contribution in [-0.4, -0.2) is 0 Å². The summed E-state index contributed by atoms with van der Waals surface area (Å²) in [6, 6.07) is 35.7. The minimum atomic E-state index is -0.180. The maximum Gasteiger partial charge on any atom is 0.0725 e. The van der Waals surface area contributed by atoms with E-state index in [2.05, 4.69) is 111 Å². The van der Waals surface area contributed by atoms with Gasteiger partial charge in [0, 0.05) is 0 Å². The molecular weight excluding hydrogens is 336 g/mol. The predicted octanol–water partition coefficient (Wildman–Crippen LogP) is 7.45. The van der Waals surface area contributed by atoms with E-state index in [-0.39, 0.29) is 5.41 Å². The normalized spacial score (nSPS) is 13.8. The van der Waals surface area contributed by atoms with Gasteiger partial charge in [0.15, 0.2) is 0 Å². The quantitative estimate of drug-likeness (QED) is 0.264. The van der Waals surface area contributed by atoms with Crippen molar-refractivity contribution in [1.82, 2.24) is 0 Å². The van der Waals surface area contributed by atoms with Crippen molar-refractivity contribution in [3.63, 3.8) is 0 Å². The van der Waals surface area contributed by atoms with Gasteiger partial charge < -0.3 is 0 Å². The van der Waals surface area contributed by atoms with Gasteiger partial charge in [0.25, 0.3) is 0 Å². The molecule has 0 fully saturated rings. The number of benzene rings is 4. The summed E-state index contributed by atoms with van der Waals surface area (Å²) in [7, 11) is 0. The van der Waals surface area contributed by atoms with Crippen molar-refractivity contribution in [2.75, 3.05) is 0 Å². The summed E-state index contributed by atoms with van der Waals surface area (Å²) in [6.45, 7) is 4.25. The lowest BCUT2D eigenvalue weighted by atomic mass is 9.70. The average molecular weight is 361 g/mol. The summed E-state index contributed by atoms with van der Waals surface area (Å²) >= 11 is 0. The maximum absolute atomic E-state index is 2.31. The summed E-state index contributed by atoms with van der Waals surface area (Å²) in [5.74, 6) is 0. The van der Waals surface area contributed by atoms with Gasteiger partial charge in [-0.2, -0.15) is 0 Å². The Balaban J connectivity index is 0.000000538. The molecule has 0 saturated heterocycles. The van der Waals surface area contributed by atoms with Crippen LogP contribution in [0.25, 0.3) is 22.3 Å². The molecule has 0 N–H and O–H groups in total. The third kappa shape index (κ3) is 2.06. The van der Waals surface area contributed by atoms with Crippen molar-refractivity contribution in [3.8, 4) is 22.3 Å². The first-order chi connectivity index (χ1) is 13.8. The second-order valence-corrected chi connectivity index (χ2v) is 7.64. The van der Waals surface area contributed by atoms with E-state index in [4.69, 9.17) is 0 Å². The Bertz CT molecular complexity index is 978. The van der Waals surface area contributed by atoms with Crippen LogP contribution in [0.5, 0.6) is 0 Å². The number of fused-ring (bicyclic) bond motifs is 10. The molecule has 4 aromatic rings. The van der Waals surface area contributed by atoms with Gasteiger partial charge in [-0.15, -0.1) is 0 Å². The zero-order chi connectivity index (χ0) is 19.1. The van der Waals surface area contributed by atoms with Crippen molar-refractivity contribution >= 4 is 0 Å². The van der Waals surface area contributed by atoms with Crippen molar-refractivity contribution in [3.05, 3.63) is 119 Å². The largest absolute Gasteiger partial charge is 0.0725 e. The van der Waals surface area contributed by atoms with Crippen molar-refractivity contribution in [2.45, 2.75) is 25.7 Å². The summed E-state index contributed by atoms with van der Waals surface area (Å²) in [5.41, 5.74) is 10.9. The Morgan fingerprint density at radius 2 is 0.643 bits per heavy atom. The Morgan fingerprint density at radius 3 is 0.893 bits per heavy atom. The molecule has 0 saturated carbocycles. The lowest BCUT2D eigenvalue weighted by molar-refractivity contribution is 0.794. The first-order valence-electron chi connectivity index (χ1n) is 10.2. The van der Waals surface area contributed by atoms with Crippen LogP contribution in [0.4, 0.5) is 0 Å². The van der Waals surface area contributed by atoms with Crippen LogP contribution in [0, 0.1) is 0 Å². The van der Waals surface area contributed by atoms with Gasteiger partial charge in [0.2, 0.25) is 0 Å². The SMILES string of the molecule is CCC.c1ccc2c(c1)-c1ccccc1C21c2ccccc2-c2ccccc21. The summed E-state index contributed by atoms with van der Waals surface area (Å²) < 4.78 is 0. The van der Waals surface area contributed by atoms with Gasteiger partial charge in [-0.3, -0.25) is 0 Å². The zero-order valence-corrected chi connectivity index (χ0v) is 16.4. The first kappa shape index (κ1) is 17.0. The smallest absolute Gasteiger partial charge is 0.0656 e. The molecule has 0 bridgehead atoms. The number of hydrogen-bond donors (Lipinski definition) is 0. The molecule has 0 unspecified atom stereocenters. The zero-order valence-electron chi connectivity index (χ0n) is 16.4. The van der Waals surface area contributed by atoms with Gasteiger partial charge in [-0.05, 0) is 44.5 Å². The minimum Gasteiger partial charge on any atom is -0.0656 e. The van der Waals surface area contributed by atoms with E-state index in [0.717, 1.165) is 0 Å². The molecule has 0 atom stereocenters. The second kappa shape index (κ2) is 6.49. The molecule has 0 nitrogen and oxygen atoms in total. The lowest BCUT2D eigenvalue weighted by Gasteiger charge is -2.30. The minimum absolute atomic E-state index is 0.180. The van der Waals surface area contributed by atoms with E-state index < -0.39 is 0 Å². The molecule has 4 aromatic carbocycles. The molecule has 0 heterocycles. The van der Waals surface area contributed by atoms with Crippen molar-refractivity contribution < 1.29 is 0 Å². The Labute approximate surface area is 167 Å². The fourth-order valence-electron chi connectivity index (χ4n) is 5.05. The van der Waals surface area contributed by atoms with E-state index in [9.17, 15) is 0 Å². The van der Waals surface area contributed by atoms with E-state index in [1.165, 1.54) is 50.9 Å². The van der Waals surface area contributed by atoms with Gasteiger partial charge in [0.05, 0.1) is 5.41 Å². The van der Waals surface area contributed by atoms with Crippen LogP contribution in [-0.2, 0) is 5.41 Å². The van der Waals surface area contributed by atoms with E-state index in [0.29, 0.717) is 0 Å². The van der Waals surface area contributed by atoms with Gasteiger partial charge >= 0.3 is 0 Å². The Kier molecular flexibility index (Phi) is 3.94. The van der Waals surface area contributed by atoms with Crippen LogP contribution in [0.15, 0.2) is 97.1 Å². The van der Waals surface area contributed by atoms with E-state index in [1.54, 1.807) is 0 Å². The molecule has 1 spiro atoms. The lowest BCUT2D eigenvalue weighted by Crippen LogP contribution is -2.25. The predicted molar refractivity (Wildman–Crippen MR) is 119 cm³/mol. The topological polar surface area (TPSA) is 0 Å². The van der Waals surface area contributed by atoms with Gasteiger partial charge in [0.1, 0.15) is 0 Å². The van der Waals surface area contributed by atoms with Gasteiger partial charge in [-0.1, -0.05) is 117 Å². The first-order valence-corrected chi connectivity index (χ1v) is 10.2.